The quantitative estimate of drug-likeness (QED) is 0.349. The highest BCUT2D eigenvalue weighted by molar-refractivity contribution is 7.99. The summed E-state index contributed by atoms with van der Waals surface area (Å²) in [5.41, 5.74) is 0. The summed E-state index contributed by atoms with van der Waals surface area (Å²) < 4.78 is 4.85. The van der Waals surface area contributed by atoms with Gasteiger partial charge in [-0.3, -0.25) is 4.79 Å². The van der Waals surface area contributed by atoms with E-state index in [-0.39, 0.29) is 5.97 Å². The number of ether oxygens (including phenoxy) is 1. The number of carbonyl (C=O) groups excluding carboxylic acids is 1. The molecule has 17 heavy (non-hydrogen) atoms. The van der Waals surface area contributed by atoms with Crippen molar-refractivity contribution in [3.05, 3.63) is 0 Å². The van der Waals surface area contributed by atoms with Crippen molar-refractivity contribution in [2.75, 3.05) is 31.2 Å². The van der Waals surface area contributed by atoms with E-state index >= 15 is 0 Å². The highest BCUT2D eigenvalue weighted by atomic mass is 32.2. The van der Waals surface area contributed by atoms with Gasteiger partial charge in [-0.05, 0) is 26.3 Å². The molecule has 0 aliphatic rings. The molecule has 0 saturated carbocycles. The number of hydrogen-bond donors (Lipinski definition) is 1. The number of terminal acetylenes is 1. The lowest BCUT2D eigenvalue weighted by Gasteiger charge is -2.04. The van der Waals surface area contributed by atoms with E-state index in [1.54, 1.807) is 11.8 Å². The van der Waals surface area contributed by atoms with Crippen LogP contribution in [0.4, 0.5) is 0 Å². The molecule has 1 N–H and O–H groups in total. The molecule has 3 nitrogen and oxygen atoms in total. The van der Waals surface area contributed by atoms with E-state index in [4.69, 9.17) is 11.2 Å². The van der Waals surface area contributed by atoms with E-state index in [0.717, 1.165) is 43.9 Å². The zero-order chi connectivity index (χ0) is 12.8. The Morgan fingerprint density at radius 3 is 2.88 bits per heavy atom. The Bertz CT molecular complexity index is 226. The first-order valence-corrected chi connectivity index (χ1v) is 7.34. The highest BCUT2D eigenvalue weighted by Crippen LogP contribution is 2.01. The van der Waals surface area contributed by atoms with Crippen molar-refractivity contribution in [1.29, 1.82) is 0 Å². The number of esters is 1. The van der Waals surface area contributed by atoms with Crippen LogP contribution in [0.15, 0.2) is 0 Å². The summed E-state index contributed by atoms with van der Waals surface area (Å²) in [5, 5.41) is 3.35. The molecule has 0 aliphatic carbocycles. The Morgan fingerprint density at radius 1 is 1.35 bits per heavy atom. The lowest BCUT2D eigenvalue weighted by Crippen LogP contribution is -2.18. The van der Waals surface area contributed by atoms with Crippen LogP contribution in [0.1, 0.15) is 32.6 Å². The molecule has 0 amide bonds. The van der Waals surface area contributed by atoms with Crippen molar-refractivity contribution in [3.8, 4) is 12.3 Å². The van der Waals surface area contributed by atoms with Gasteiger partial charge in [-0.1, -0.05) is 12.3 Å². The van der Waals surface area contributed by atoms with E-state index in [1.807, 2.05) is 6.92 Å². The monoisotopic (exact) mass is 257 g/mol. The van der Waals surface area contributed by atoms with Crippen LogP contribution >= 0.6 is 11.8 Å². The van der Waals surface area contributed by atoms with Gasteiger partial charge in [0, 0.05) is 18.7 Å². The number of unbranched alkanes of at least 4 members (excludes halogenated alkanes) is 2. The van der Waals surface area contributed by atoms with Crippen LogP contribution in [0, 0.1) is 12.3 Å². The minimum Gasteiger partial charge on any atom is -0.466 e. The third-order valence-electron chi connectivity index (χ3n) is 2.15. The van der Waals surface area contributed by atoms with Crippen molar-refractivity contribution in [1.82, 2.24) is 5.32 Å². The molecule has 0 unspecified atom stereocenters. The van der Waals surface area contributed by atoms with Gasteiger partial charge in [0.25, 0.3) is 0 Å². The summed E-state index contributed by atoms with van der Waals surface area (Å²) >= 11 is 1.77. The minimum absolute atomic E-state index is 0.0776. The second-order valence-electron chi connectivity index (χ2n) is 3.62. The zero-order valence-corrected chi connectivity index (χ0v) is 11.5. The van der Waals surface area contributed by atoms with Gasteiger partial charge in [-0.2, -0.15) is 0 Å². The summed E-state index contributed by atoms with van der Waals surface area (Å²) in [6.45, 7) is 4.33. The van der Waals surface area contributed by atoms with Gasteiger partial charge in [0.15, 0.2) is 0 Å². The topological polar surface area (TPSA) is 38.3 Å². The summed E-state index contributed by atoms with van der Waals surface area (Å²) in [6, 6.07) is 0. The average Bonchev–Trinajstić information content (AvgIpc) is 2.32. The van der Waals surface area contributed by atoms with Gasteiger partial charge < -0.3 is 10.1 Å². The first-order chi connectivity index (χ1) is 8.31. The van der Waals surface area contributed by atoms with Gasteiger partial charge in [-0.15, -0.1) is 18.2 Å². The van der Waals surface area contributed by atoms with Crippen molar-refractivity contribution in [2.45, 2.75) is 32.6 Å². The predicted molar refractivity (Wildman–Crippen MR) is 74.1 cm³/mol. The molecule has 4 heteroatoms. The second-order valence-corrected chi connectivity index (χ2v) is 4.73. The number of rotatable bonds is 11. The molecule has 0 rings (SSSR count). The van der Waals surface area contributed by atoms with Gasteiger partial charge in [0.2, 0.25) is 0 Å². The van der Waals surface area contributed by atoms with Crippen molar-refractivity contribution in [3.63, 3.8) is 0 Å². The van der Waals surface area contributed by atoms with Crippen LogP contribution in [0.2, 0.25) is 0 Å². The highest BCUT2D eigenvalue weighted by Gasteiger charge is 2.00. The van der Waals surface area contributed by atoms with Crippen molar-refractivity contribution in [2.24, 2.45) is 0 Å². The molecule has 0 saturated heterocycles. The first kappa shape index (κ1) is 16.3. The SMILES string of the molecule is C#CCSCCNCCCCCC(=O)OCC. The molecule has 0 aromatic heterocycles. The lowest BCUT2D eigenvalue weighted by molar-refractivity contribution is -0.143. The Labute approximate surface area is 109 Å². The van der Waals surface area contributed by atoms with Gasteiger partial charge >= 0.3 is 5.97 Å². The fourth-order valence-corrected chi connectivity index (χ4v) is 1.88. The first-order valence-electron chi connectivity index (χ1n) is 6.18. The fourth-order valence-electron chi connectivity index (χ4n) is 1.33. The van der Waals surface area contributed by atoms with Crippen LogP contribution in [0.25, 0.3) is 0 Å². The molecule has 0 heterocycles. The molecular formula is C13H23NO2S. The Kier molecular flexibility index (Phi) is 12.9. The van der Waals surface area contributed by atoms with E-state index in [0.29, 0.717) is 13.0 Å². The van der Waals surface area contributed by atoms with Crippen molar-refractivity contribution < 1.29 is 9.53 Å². The van der Waals surface area contributed by atoms with Gasteiger partial charge in [0.05, 0.1) is 12.4 Å². The van der Waals surface area contributed by atoms with Crippen molar-refractivity contribution >= 4 is 17.7 Å². The maximum Gasteiger partial charge on any atom is 0.305 e. The van der Waals surface area contributed by atoms with E-state index in [9.17, 15) is 4.79 Å². The number of carbonyl (C=O) groups is 1. The normalized spacial score (nSPS) is 9.88. The van der Waals surface area contributed by atoms with Crippen LogP contribution in [-0.4, -0.2) is 37.2 Å². The minimum atomic E-state index is -0.0776. The molecule has 0 radical (unpaired) electrons. The van der Waals surface area contributed by atoms with E-state index in [1.165, 1.54) is 0 Å². The third kappa shape index (κ3) is 13.3. The molecule has 0 aliphatic heterocycles. The van der Waals surface area contributed by atoms with Crippen LogP contribution in [0.3, 0.4) is 0 Å². The van der Waals surface area contributed by atoms with E-state index < -0.39 is 0 Å². The zero-order valence-electron chi connectivity index (χ0n) is 10.7. The fraction of sp³-hybridized carbons (Fsp3) is 0.769. The average molecular weight is 257 g/mol. The van der Waals surface area contributed by atoms with E-state index in [2.05, 4.69) is 11.2 Å². The molecular weight excluding hydrogens is 234 g/mol. The Morgan fingerprint density at radius 2 is 2.18 bits per heavy atom. The smallest absolute Gasteiger partial charge is 0.305 e. The Balaban J connectivity index is 3.04. The maximum atomic E-state index is 11.0. The number of nitrogens with one attached hydrogen (secondary N) is 1. The lowest BCUT2D eigenvalue weighted by atomic mass is 10.2. The largest absolute Gasteiger partial charge is 0.466 e. The predicted octanol–water partition coefficient (Wildman–Crippen LogP) is 2.07. The summed E-state index contributed by atoms with van der Waals surface area (Å²) in [6.07, 6.45) is 8.79. The number of hydrogen-bond acceptors (Lipinski definition) is 4. The molecule has 0 fully saturated rings. The summed E-state index contributed by atoms with van der Waals surface area (Å²) in [7, 11) is 0. The third-order valence-corrected chi connectivity index (χ3v) is 3.01. The number of thioether (sulfide) groups is 1. The molecule has 0 spiro atoms. The molecule has 0 aromatic carbocycles. The second kappa shape index (κ2) is 13.4. The molecule has 0 bridgehead atoms. The van der Waals surface area contributed by atoms with Crippen LogP contribution in [-0.2, 0) is 9.53 Å². The van der Waals surface area contributed by atoms with Gasteiger partial charge in [-0.25, -0.2) is 0 Å². The Hall–Kier alpha value is -0.660. The van der Waals surface area contributed by atoms with Crippen LogP contribution in [0.5, 0.6) is 0 Å². The maximum absolute atomic E-state index is 11.0. The molecule has 0 aromatic rings. The molecule has 98 valence electrons. The summed E-state index contributed by atoms with van der Waals surface area (Å²) in [4.78, 5) is 11.0. The summed E-state index contributed by atoms with van der Waals surface area (Å²) in [5.74, 6) is 4.38. The van der Waals surface area contributed by atoms with Gasteiger partial charge in [0.1, 0.15) is 0 Å². The standard InChI is InChI=1S/C13H23NO2S/c1-3-11-17-12-10-14-9-7-5-6-8-13(15)16-4-2/h1,14H,4-12H2,2H3. The van der Waals surface area contributed by atoms with Crippen LogP contribution < -0.4 is 5.32 Å². The molecule has 0 atom stereocenters.